The first-order valence-corrected chi connectivity index (χ1v) is 7.73. The lowest BCUT2D eigenvalue weighted by Crippen LogP contribution is -2.09. The van der Waals surface area contributed by atoms with Crippen molar-refractivity contribution < 1.29 is 4.74 Å². The van der Waals surface area contributed by atoms with Crippen molar-refractivity contribution in [1.82, 2.24) is 20.2 Å². The smallest absolute Gasteiger partial charge is 0.194 e. The van der Waals surface area contributed by atoms with Crippen LogP contribution < -0.4 is 4.74 Å². The van der Waals surface area contributed by atoms with Crippen LogP contribution in [-0.4, -0.2) is 20.2 Å². The van der Waals surface area contributed by atoms with Crippen molar-refractivity contribution in [3.63, 3.8) is 0 Å². The molecule has 0 aliphatic heterocycles. The molecule has 0 N–H and O–H groups in total. The molecule has 0 aliphatic carbocycles. The number of halogens is 2. The predicted molar refractivity (Wildman–Crippen MR) is 89.4 cm³/mol. The van der Waals surface area contributed by atoms with Gasteiger partial charge in [-0.05, 0) is 53.6 Å². The Hall–Kier alpha value is -2.11. The average molecular weight is 349 g/mol. The van der Waals surface area contributed by atoms with Crippen molar-refractivity contribution in [2.75, 3.05) is 0 Å². The van der Waals surface area contributed by atoms with Crippen LogP contribution in [0.25, 0.3) is 5.69 Å². The van der Waals surface area contributed by atoms with Gasteiger partial charge in [0.1, 0.15) is 12.4 Å². The molecule has 0 fully saturated rings. The van der Waals surface area contributed by atoms with E-state index in [4.69, 9.17) is 27.9 Å². The number of rotatable bonds is 4. The molecule has 118 valence electrons. The minimum Gasteiger partial charge on any atom is -0.485 e. The first kappa shape index (κ1) is 15.8. The summed E-state index contributed by atoms with van der Waals surface area (Å²) in [6, 6.07) is 11.1. The molecule has 1 heterocycles. The molecule has 1 aromatic heterocycles. The largest absolute Gasteiger partial charge is 0.485 e. The maximum absolute atomic E-state index is 5.97. The normalized spacial score (nSPS) is 10.8. The number of hydrogen-bond acceptors (Lipinski definition) is 4. The first-order chi connectivity index (χ1) is 11.0. The molecule has 0 unspecified atom stereocenters. The second kappa shape index (κ2) is 6.56. The maximum atomic E-state index is 5.97. The van der Waals surface area contributed by atoms with Crippen LogP contribution in [0, 0.1) is 13.8 Å². The van der Waals surface area contributed by atoms with E-state index in [1.165, 1.54) is 0 Å². The molecule has 0 radical (unpaired) electrons. The van der Waals surface area contributed by atoms with E-state index >= 15 is 0 Å². The third kappa shape index (κ3) is 3.46. The highest BCUT2D eigenvalue weighted by Crippen LogP contribution is 2.25. The Labute approximate surface area is 143 Å². The van der Waals surface area contributed by atoms with Gasteiger partial charge >= 0.3 is 0 Å². The van der Waals surface area contributed by atoms with Crippen molar-refractivity contribution in [3.8, 4) is 11.4 Å². The summed E-state index contributed by atoms with van der Waals surface area (Å²) >= 11 is 11.9. The molecule has 5 nitrogen and oxygen atoms in total. The molecule has 0 aliphatic rings. The minimum absolute atomic E-state index is 0.206. The van der Waals surface area contributed by atoms with Crippen LogP contribution in [0.2, 0.25) is 10.0 Å². The maximum Gasteiger partial charge on any atom is 0.194 e. The predicted octanol–water partition coefficient (Wildman–Crippen LogP) is 4.16. The molecule has 23 heavy (non-hydrogen) atoms. The minimum atomic E-state index is 0.206. The number of para-hydroxylation sites is 1. The van der Waals surface area contributed by atoms with Crippen LogP contribution in [0.5, 0.6) is 5.75 Å². The first-order valence-electron chi connectivity index (χ1n) is 6.97. The number of aryl methyl sites for hydroxylation is 2. The molecule has 3 aromatic rings. The van der Waals surface area contributed by atoms with Gasteiger partial charge < -0.3 is 4.74 Å². The van der Waals surface area contributed by atoms with E-state index in [1.54, 1.807) is 22.9 Å². The lowest BCUT2D eigenvalue weighted by Gasteiger charge is -2.11. The highest BCUT2D eigenvalue weighted by molar-refractivity contribution is 6.34. The zero-order chi connectivity index (χ0) is 16.4. The van der Waals surface area contributed by atoms with Crippen molar-refractivity contribution in [3.05, 3.63) is 63.4 Å². The Morgan fingerprint density at radius 3 is 2.35 bits per heavy atom. The number of hydrogen-bond donors (Lipinski definition) is 0. The molecular formula is C16H14Cl2N4O. The van der Waals surface area contributed by atoms with Gasteiger partial charge in [-0.15, -0.1) is 5.10 Å². The van der Waals surface area contributed by atoms with E-state index < -0.39 is 0 Å². The molecule has 3 rings (SSSR count). The van der Waals surface area contributed by atoms with E-state index in [2.05, 4.69) is 15.5 Å². The highest BCUT2D eigenvalue weighted by Gasteiger charge is 2.13. The average Bonchev–Trinajstić information content (AvgIpc) is 2.92. The fourth-order valence-electron chi connectivity index (χ4n) is 2.37. The van der Waals surface area contributed by atoms with Gasteiger partial charge in [0, 0.05) is 10.0 Å². The van der Waals surface area contributed by atoms with Gasteiger partial charge in [0.05, 0.1) is 5.69 Å². The Morgan fingerprint density at radius 1 is 1.04 bits per heavy atom. The highest BCUT2D eigenvalue weighted by atomic mass is 35.5. The van der Waals surface area contributed by atoms with Gasteiger partial charge in [-0.1, -0.05) is 41.4 Å². The molecule has 2 aromatic carbocycles. The van der Waals surface area contributed by atoms with E-state index in [0.717, 1.165) is 16.8 Å². The summed E-state index contributed by atoms with van der Waals surface area (Å²) in [7, 11) is 0. The Bertz CT molecular complexity index is 807. The summed E-state index contributed by atoms with van der Waals surface area (Å²) in [5.41, 5.74) is 3.13. The summed E-state index contributed by atoms with van der Waals surface area (Å²) in [6.07, 6.45) is 0. The van der Waals surface area contributed by atoms with Crippen LogP contribution in [0.4, 0.5) is 0 Å². The van der Waals surface area contributed by atoms with Crippen molar-refractivity contribution >= 4 is 23.2 Å². The van der Waals surface area contributed by atoms with Gasteiger partial charge in [-0.25, -0.2) is 0 Å². The number of ether oxygens (including phenoxy) is 1. The number of nitrogens with zero attached hydrogens (tertiary/aromatic N) is 4. The molecule has 0 bridgehead atoms. The summed E-state index contributed by atoms with van der Waals surface area (Å²) in [6.45, 7) is 4.24. The SMILES string of the molecule is Cc1cccc(C)c1-n1nnnc1COc1cc(Cl)cc(Cl)c1. The van der Waals surface area contributed by atoms with Gasteiger partial charge in [0.2, 0.25) is 0 Å². The molecule has 0 amide bonds. The monoisotopic (exact) mass is 348 g/mol. The molecule has 0 saturated heterocycles. The van der Waals surface area contributed by atoms with Crippen LogP contribution in [-0.2, 0) is 6.61 Å². The van der Waals surface area contributed by atoms with Gasteiger partial charge in [0.25, 0.3) is 0 Å². The Balaban J connectivity index is 1.87. The standard InChI is InChI=1S/C16H14Cl2N4O/c1-10-4-3-5-11(2)16(10)22-15(19-20-21-22)9-23-14-7-12(17)6-13(18)8-14/h3-8H,9H2,1-2H3. The lowest BCUT2D eigenvalue weighted by atomic mass is 10.1. The zero-order valence-corrected chi connectivity index (χ0v) is 14.1. The van der Waals surface area contributed by atoms with E-state index in [-0.39, 0.29) is 6.61 Å². The number of benzene rings is 2. The van der Waals surface area contributed by atoms with Crippen LogP contribution in [0.3, 0.4) is 0 Å². The molecule has 0 saturated carbocycles. The van der Waals surface area contributed by atoms with Crippen LogP contribution in [0.15, 0.2) is 36.4 Å². The molecule has 0 atom stereocenters. The fraction of sp³-hybridized carbons (Fsp3) is 0.188. The second-order valence-corrected chi connectivity index (χ2v) is 6.01. The lowest BCUT2D eigenvalue weighted by molar-refractivity contribution is 0.292. The summed E-state index contributed by atoms with van der Waals surface area (Å²) in [4.78, 5) is 0. The summed E-state index contributed by atoms with van der Waals surface area (Å²) in [5.74, 6) is 1.16. The third-order valence-electron chi connectivity index (χ3n) is 3.39. The second-order valence-electron chi connectivity index (χ2n) is 5.14. The van der Waals surface area contributed by atoms with Crippen molar-refractivity contribution in [1.29, 1.82) is 0 Å². The van der Waals surface area contributed by atoms with Gasteiger partial charge in [-0.3, -0.25) is 0 Å². The van der Waals surface area contributed by atoms with E-state index in [1.807, 2.05) is 32.0 Å². The Morgan fingerprint density at radius 2 is 1.70 bits per heavy atom. The fourth-order valence-corrected chi connectivity index (χ4v) is 2.87. The zero-order valence-electron chi connectivity index (χ0n) is 12.6. The van der Waals surface area contributed by atoms with Crippen LogP contribution >= 0.6 is 23.2 Å². The van der Waals surface area contributed by atoms with Gasteiger partial charge in [0.15, 0.2) is 5.82 Å². The van der Waals surface area contributed by atoms with Crippen molar-refractivity contribution in [2.24, 2.45) is 0 Å². The Kier molecular flexibility index (Phi) is 4.50. The van der Waals surface area contributed by atoms with Crippen LogP contribution in [0.1, 0.15) is 17.0 Å². The molecular weight excluding hydrogens is 335 g/mol. The third-order valence-corrected chi connectivity index (χ3v) is 3.83. The molecule has 0 spiro atoms. The summed E-state index contributed by atoms with van der Waals surface area (Å²) in [5, 5.41) is 12.9. The number of tetrazole rings is 1. The van der Waals surface area contributed by atoms with E-state index in [0.29, 0.717) is 21.6 Å². The summed E-state index contributed by atoms with van der Waals surface area (Å²) < 4.78 is 7.41. The topological polar surface area (TPSA) is 52.8 Å². The number of aromatic nitrogens is 4. The van der Waals surface area contributed by atoms with Gasteiger partial charge in [-0.2, -0.15) is 4.68 Å². The molecule has 7 heteroatoms. The quantitative estimate of drug-likeness (QED) is 0.710. The van der Waals surface area contributed by atoms with E-state index in [9.17, 15) is 0 Å². The van der Waals surface area contributed by atoms with Crippen molar-refractivity contribution in [2.45, 2.75) is 20.5 Å².